The largest absolute Gasteiger partial charge is 0.342 e. The maximum atomic E-state index is 14.1. The monoisotopic (exact) mass is 680 g/mol. The highest BCUT2D eigenvalue weighted by atomic mass is 32.2. The number of allylic oxidation sites excluding steroid dienone is 1. The van der Waals surface area contributed by atoms with Gasteiger partial charge in [0.1, 0.15) is 11.6 Å². The van der Waals surface area contributed by atoms with E-state index in [4.69, 9.17) is 0 Å². The van der Waals surface area contributed by atoms with E-state index in [9.17, 15) is 35.2 Å². The lowest BCUT2D eigenvalue weighted by Crippen LogP contribution is -2.54. The van der Waals surface area contributed by atoms with E-state index >= 15 is 0 Å². The molecule has 4 aliphatic carbocycles. The van der Waals surface area contributed by atoms with Crippen LogP contribution in [-0.2, 0) is 24.8 Å². The third-order valence-electron chi connectivity index (χ3n) is 11.0. The van der Waals surface area contributed by atoms with Crippen LogP contribution in [0.5, 0.6) is 0 Å². The third kappa shape index (κ3) is 7.09. The zero-order chi connectivity index (χ0) is 32.8. The van der Waals surface area contributed by atoms with Gasteiger partial charge in [-0.1, -0.05) is 12.7 Å². The highest BCUT2D eigenvalue weighted by molar-refractivity contribution is 7.92. The second-order valence-electron chi connectivity index (χ2n) is 13.8. The Bertz CT molecular complexity index is 1590. The van der Waals surface area contributed by atoms with Gasteiger partial charge in [-0.15, -0.1) is 0 Å². The van der Waals surface area contributed by atoms with Crippen LogP contribution in [0.1, 0.15) is 48.9 Å². The molecule has 2 heterocycles. The van der Waals surface area contributed by atoms with Gasteiger partial charge in [0.2, 0.25) is 26.0 Å². The van der Waals surface area contributed by atoms with Crippen molar-refractivity contribution in [3.63, 3.8) is 0 Å². The zero-order valence-corrected chi connectivity index (χ0v) is 27.3. The number of carbonyl (C=O) groups excluding carboxylic acids is 2. The lowest BCUT2D eigenvalue weighted by atomic mass is 9.48. The Morgan fingerprint density at radius 2 is 1.41 bits per heavy atom. The van der Waals surface area contributed by atoms with Crippen LogP contribution in [0.25, 0.3) is 0 Å². The molecule has 2 aliphatic heterocycles. The first-order valence-corrected chi connectivity index (χ1v) is 19.2. The van der Waals surface area contributed by atoms with Crippen LogP contribution < -0.4 is 9.44 Å². The predicted octanol–water partition coefficient (Wildman–Crippen LogP) is 3.07. The van der Waals surface area contributed by atoms with Crippen LogP contribution in [0.15, 0.2) is 41.7 Å². The van der Waals surface area contributed by atoms with Crippen molar-refractivity contribution in [3.05, 3.63) is 58.9 Å². The Hall–Kier alpha value is -2.68. The first-order chi connectivity index (χ1) is 21.8. The molecule has 4 saturated carbocycles. The summed E-state index contributed by atoms with van der Waals surface area (Å²) in [5.41, 5.74) is -0.327. The molecule has 2 amide bonds. The standard InChI is InChI=1S/C32H42F2N4O6S2/c1-2-45(41,42)35-16-20-6-9-38(19-20)32(40)30-24-11-22-12-25(30)14-23(13-24)27(22)7-10-46(43,44)36-17-21-5-8-37(18-21)31(39)28-15-26(33)3-4-29(28)34/h2-4,7,10,15,20-25,27,30,35-36H,1,5-6,8-9,11-14,16-19H2/b10-7+. The molecule has 6 aliphatic rings. The average molecular weight is 681 g/mol. The number of nitrogens with one attached hydrogen (secondary N) is 2. The SMILES string of the molecule is C=CS(=O)(=O)NCC1CCN(C(=O)C2C3CC4CC2CC(C3)C4/C=C/S(=O)(=O)NCC2CCN(C(=O)c3cc(F)ccc3F)C2)C1. The van der Waals surface area contributed by atoms with E-state index in [2.05, 4.69) is 16.0 Å². The first-order valence-electron chi connectivity index (χ1n) is 16.2. The number of halogens is 2. The summed E-state index contributed by atoms with van der Waals surface area (Å²) in [6, 6.07) is 2.76. The van der Waals surface area contributed by atoms with Gasteiger partial charge < -0.3 is 9.80 Å². The number of nitrogens with zero attached hydrogens (tertiary/aromatic N) is 2. The lowest BCUT2D eigenvalue weighted by molar-refractivity contribution is -0.150. The Balaban J connectivity index is 0.978. The number of benzene rings is 1. The molecule has 4 bridgehead atoms. The molecule has 1 aromatic rings. The van der Waals surface area contributed by atoms with Gasteiger partial charge in [-0.3, -0.25) is 9.59 Å². The minimum atomic E-state index is -3.71. The lowest BCUT2D eigenvalue weighted by Gasteiger charge is -2.57. The van der Waals surface area contributed by atoms with E-state index in [-0.39, 0.29) is 48.2 Å². The molecule has 0 aromatic heterocycles. The van der Waals surface area contributed by atoms with E-state index in [1.165, 1.54) is 10.3 Å². The number of rotatable bonds is 11. The van der Waals surface area contributed by atoms with Crippen molar-refractivity contribution in [2.75, 3.05) is 39.3 Å². The molecule has 0 spiro atoms. The van der Waals surface area contributed by atoms with Crippen LogP contribution >= 0.6 is 0 Å². The zero-order valence-electron chi connectivity index (χ0n) is 25.7. The summed E-state index contributed by atoms with van der Waals surface area (Å²) in [6.07, 6.45) is 6.76. The van der Waals surface area contributed by atoms with Gasteiger partial charge in [0.05, 0.1) is 5.56 Å². The molecular formula is C32H42F2N4O6S2. The van der Waals surface area contributed by atoms with Gasteiger partial charge in [0.15, 0.2) is 0 Å². The van der Waals surface area contributed by atoms with Gasteiger partial charge in [0, 0.05) is 56.0 Å². The summed E-state index contributed by atoms with van der Waals surface area (Å²) in [7, 11) is -7.20. The van der Waals surface area contributed by atoms with Crippen molar-refractivity contribution in [2.24, 2.45) is 47.3 Å². The highest BCUT2D eigenvalue weighted by Gasteiger charge is 2.55. The fourth-order valence-corrected chi connectivity index (χ4v) is 10.4. The first kappa shape index (κ1) is 33.2. The van der Waals surface area contributed by atoms with E-state index in [0.29, 0.717) is 56.3 Å². The number of hydrogen-bond donors (Lipinski definition) is 2. The molecule has 10 nitrogen and oxygen atoms in total. The number of hydrogen-bond acceptors (Lipinski definition) is 6. The quantitative estimate of drug-likeness (QED) is 0.369. The summed E-state index contributed by atoms with van der Waals surface area (Å²) in [5, 5.41) is 2.17. The van der Waals surface area contributed by atoms with Crippen LogP contribution in [-0.4, -0.2) is 77.7 Å². The number of carbonyl (C=O) groups is 2. The molecule has 2 atom stereocenters. The van der Waals surface area contributed by atoms with Gasteiger partial charge >= 0.3 is 0 Å². The predicted molar refractivity (Wildman–Crippen MR) is 168 cm³/mol. The number of amides is 2. The molecule has 1 aromatic carbocycles. The van der Waals surface area contributed by atoms with E-state index in [0.717, 1.165) is 55.7 Å². The molecule has 252 valence electrons. The molecule has 2 N–H and O–H groups in total. The van der Waals surface area contributed by atoms with Gasteiger partial charge in [-0.25, -0.2) is 35.1 Å². The van der Waals surface area contributed by atoms with E-state index in [1.807, 2.05) is 11.0 Å². The van der Waals surface area contributed by atoms with Crippen molar-refractivity contribution in [1.82, 2.24) is 19.2 Å². The fraction of sp³-hybridized carbons (Fsp3) is 0.625. The van der Waals surface area contributed by atoms with Crippen molar-refractivity contribution in [1.29, 1.82) is 0 Å². The topological polar surface area (TPSA) is 133 Å². The normalized spacial score (nSPS) is 32.5. The molecule has 14 heteroatoms. The van der Waals surface area contributed by atoms with Gasteiger partial charge in [-0.05, 0) is 98.1 Å². The highest BCUT2D eigenvalue weighted by Crippen LogP contribution is 2.59. The van der Waals surface area contributed by atoms with Crippen LogP contribution in [0.3, 0.4) is 0 Å². The smallest absolute Gasteiger partial charge is 0.256 e. The Kier molecular flexibility index (Phi) is 9.45. The summed E-state index contributed by atoms with van der Waals surface area (Å²) >= 11 is 0. The second-order valence-corrected chi connectivity index (χ2v) is 17.2. The van der Waals surface area contributed by atoms with Crippen molar-refractivity contribution < 1.29 is 35.2 Å². The van der Waals surface area contributed by atoms with Gasteiger partial charge in [-0.2, -0.15) is 0 Å². The minimum absolute atomic E-state index is 0.0123. The molecular weight excluding hydrogens is 639 g/mol. The van der Waals surface area contributed by atoms with Crippen LogP contribution in [0.4, 0.5) is 8.78 Å². The Morgan fingerprint density at radius 1 is 0.848 bits per heavy atom. The van der Waals surface area contributed by atoms with Crippen LogP contribution in [0, 0.1) is 59.0 Å². The second kappa shape index (κ2) is 13.1. The molecule has 0 radical (unpaired) electrons. The Morgan fingerprint density at radius 3 is 2.02 bits per heavy atom. The summed E-state index contributed by atoms with van der Waals surface area (Å²) in [4.78, 5) is 29.7. The molecule has 46 heavy (non-hydrogen) atoms. The fourth-order valence-electron chi connectivity index (χ4n) is 8.84. The van der Waals surface area contributed by atoms with Gasteiger partial charge in [0.25, 0.3) is 5.91 Å². The summed E-state index contributed by atoms with van der Waals surface area (Å²) in [6.45, 7) is 5.53. The van der Waals surface area contributed by atoms with Crippen molar-refractivity contribution >= 4 is 31.9 Å². The Labute approximate surface area is 269 Å². The molecule has 2 unspecified atom stereocenters. The van der Waals surface area contributed by atoms with Crippen molar-refractivity contribution in [3.8, 4) is 0 Å². The van der Waals surface area contributed by atoms with E-state index < -0.39 is 37.6 Å². The molecule has 2 saturated heterocycles. The number of sulfonamides is 2. The number of likely N-dealkylation sites (tertiary alicyclic amines) is 2. The minimum Gasteiger partial charge on any atom is -0.342 e. The summed E-state index contributed by atoms with van der Waals surface area (Å²) < 4.78 is 82.0. The molecule has 7 rings (SSSR count). The summed E-state index contributed by atoms with van der Waals surface area (Å²) in [5.74, 6) is -0.546. The maximum Gasteiger partial charge on any atom is 0.256 e. The molecule has 6 fully saturated rings. The van der Waals surface area contributed by atoms with Crippen LogP contribution in [0.2, 0.25) is 0 Å². The van der Waals surface area contributed by atoms with E-state index in [1.54, 1.807) is 0 Å². The average Bonchev–Trinajstić information content (AvgIpc) is 3.69. The van der Waals surface area contributed by atoms with Crippen molar-refractivity contribution in [2.45, 2.75) is 38.5 Å². The maximum absolute atomic E-state index is 14.1. The third-order valence-corrected chi connectivity index (χ3v) is 13.1.